The van der Waals surface area contributed by atoms with Crippen LogP contribution >= 0.6 is 23.2 Å². The van der Waals surface area contributed by atoms with Crippen LogP contribution < -0.4 is 9.73 Å². The summed E-state index contributed by atoms with van der Waals surface area (Å²) in [5.74, 6) is -0.598. The number of carbonyl (C=O) groups is 1. The summed E-state index contributed by atoms with van der Waals surface area (Å²) in [6.45, 7) is 1.47. The van der Waals surface area contributed by atoms with Crippen molar-refractivity contribution >= 4 is 51.0 Å². The molecule has 26 heavy (non-hydrogen) atoms. The van der Waals surface area contributed by atoms with Gasteiger partial charge in [0, 0.05) is 5.56 Å². The van der Waals surface area contributed by atoms with Gasteiger partial charge in [0.15, 0.2) is 0 Å². The van der Waals surface area contributed by atoms with Crippen molar-refractivity contribution in [1.29, 1.82) is 0 Å². The number of carbonyl (C=O) groups excluding carboxylic acids is 1. The molecule has 6 nitrogen and oxygen atoms in total. The Morgan fingerprint density at radius 2 is 1.69 bits per heavy atom. The van der Waals surface area contributed by atoms with Crippen molar-refractivity contribution in [3.8, 4) is 0 Å². The first-order valence-corrected chi connectivity index (χ1v) is 10.1. The first-order chi connectivity index (χ1) is 12.2. The van der Waals surface area contributed by atoms with Gasteiger partial charge >= 0.3 is 0 Å². The number of nitrogens with one attached hydrogen (secondary N) is 1. The highest BCUT2D eigenvalue weighted by Crippen LogP contribution is 2.22. The maximum absolute atomic E-state index is 12.4. The molecule has 0 radical (unpaired) electrons. The van der Waals surface area contributed by atoms with Crippen LogP contribution in [0.25, 0.3) is 0 Å². The number of rotatable bonds is 6. The summed E-state index contributed by atoms with van der Waals surface area (Å²) in [7, 11) is -3.67. The van der Waals surface area contributed by atoms with Crippen molar-refractivity contribution < 1.29 is 13.2 Å². The zero-order chi connectivity index (χ0) is 19.3. The van der Waals surface area contributed by atoms with E-state index in [1.54, 1.807) is 48.5 Å². The number of amides is 1. The first kappa shape index (κ1) is 20.2. The summed E-state index contributed by atoms with van der Waals surface area (Å²) < 4.78 is 25.3. The van der Waals surface area contributed by atoms with Crippen molar-refractivity contribution in [2.75, 3.05) is 10.6 Å². The molecule has 0 saturated heterocycles. The highest BCUT2D eigenvalue weighted by molar-refractivity contribution is 7.92. The van der Waals surface area contributed by atoms with Crippen LogP contribution in [0.15, 0.2) is 53.6 Å². The Hall–Kier alpha value is -2.09. The average Bonchev–Trinajstić information content (AvgIpc) is 2.57. The van der Waals surface area contributed by atoms with Crippen LogP contribution in [0.3, 0.4) is 0 Å². The molecule has 0 aromatic heterocycles. The van der Waals surface area contributed by atoms with E-state index in [1.165, 1.54) is 13.1 Å². The van der Waals surface area contributed by atoms with E-state index in [4.69, 9.17) is 23.2 Å². The smallest absolute Gasteiger partial charge is 0.263 e. The Bertz CT molecular complexity index is 898. The topological polar surface area (TPSA) is 78.8 Å². The number of hydrogen-bond acceptors (Lipinski definition) is 4. The van der Waals surface area contributed by atoms with E-state index in [9.17, 15) is 13.2 Å². The third-order valence-electron chi connectivity index (χ3n) is 3.47. The zero-order valence-corrected chi connectivity index (χ0v) is 16.4. The molecule has 1 amide bonds. The van der Waals surface area contributed by atoms with Crippen LogP contribution in [0.5, 0.6) is 0 Å². The lowest BCUT2D eigenvalue weighted by atomic mass is 10.2. The Morgan fingerprint density at radius 1 is 1.12 bits per heavy atom. The summed E-state index contributed by atoms with van der Waals surface area (Å²) in [6.07, 6.45) is 2.35. The zero-order valence-electron chi connectivity index (χ0n) is 14.1. The minimum atomic E-state index is -3.67. The Balaban J connectivity index is 2.18. The molecule has 2 aromatic rings. The van der Waals surface area contributed by atoms with Gasteiger partial charge in [0.2, 0.25) is 10.0 Å². The number of hydrogen-bond donors (Lipinski definition) is 1. The third kappa shape index (κ3) is 4.97. The first-order valence-electron chi connectivity index (χ1n) is 7.53. The molecule has 138 valence electrons. The van der Waals surface area contributed by atoms with Crippen molar-refractivity contribution in [3.05, 3.63) is 64.1 Å². The highest BCUT2D eigenvalue weighted by Gasteiger charge is 2.28. The molecule has 0 aliphatic heterocycles. The van der Waals surface area contributed by atoms with E-state index in [0.29, 0.717) is 21.3 Å². The SMILES string of the molecule is C[C@H](C(=O)N/N=C\c1c(Cl)cccc1Cl)N(c1ccccc1)S(C)(=O)=O. The van der Waals surface area contributed by atoms with Gasteiger partial charge in [-0.15, -0.1) is 0 Å². The van der Waals surface area contributed by atoms with E-state index in [0.717, 1.165) is 10.6 Å². The van der Waals surface area contributed by atoms with Crippen molar-refractivity contribution in [3.63, 3.8) is 0 Å². The molecule has 0 unspecified atom stereocenters. The molecule has 0 spiro atoms. The predicted octanol–water partition coefficient (Wildman–Crippen LogP) is 3.30. The minimum Gasteiger partial charge on any atom is -0.271 e. The van der Waals surface area contributed by atoms with Crippen molar-refractivity contribution in [2.24, 2.45) is 5.10 Å². The molecule has 0 fully saturated rings. The van der Waals surface area contributed by atoms with Gasteiger partial charge in [-0.3, -0.25) is 9.10 Å². The minimum absolute atomic E-state index is 0.380. The van der Waals surface area contributed by atoms with Crippen LogP contribution in [0.2, 0.25) is 10.0 Å². The second-order valence-electron chi connectivity index (χ2n) is 5.44. The Morgan fingerprint density at radius 3 is 2.23 bits per heavy atom. The van der Waals surface area contributed by atoms with Crippen LogP contribution in [-0.2, 0) is 14.8 Å². The fraction of sp³-hybridized carbons (Fsp3) is 0.176. The van der Waals surface area contributed by atoms with E-state index < -0.39 is 22.0 Å². The van der Waals surface area contributed by atoms with Crippen molar-refractivity contribution in [2.45, 2.75) is 13.0 Å². The number of sulfonamides is 1. The number of hydrazone groups is 1. The number of nitrogens with zero attached hydrogens (tertiary/aromatic N) is 2. The highest BCUT2D eigenvalue weighted by atomic mass is 35.5. The maximum Gasteiger partial charge on any atom is 0.263 e. The summed E-state index contributed by atoms with van der Waals surface area (Å²) in [5, 5.41) is 4.59. The molecule has 0 aliphatic carbocycles. The van der Waals surface area contributed by atoms with Gasteiger partial charge in [-0.05, 0) is 31.2 Å². The van der Waals surface area contributed by atoms with E-state index in [2.05, 4.69) is 10.5 Å². The molecule has 2 aromatic carbocycles. The molecule has 0 aliphatic rings. The Kier molecular flexibility index (Phi) is 6.63. The monoisotopic (exact) mass is 413 g/mol. The van der Waals surface area contributed by atoms with Crippen LogP contribution in [-0.4, -0.2) is 32.8 Å². The molecule has 1 N–H and O–H groups in total. The molecule has 0 saturated carbocycles. The summed E-state index contributed by atoms with van der Waals surface area (Å²) >= 11 is 12.0. The predicted molar refractivity (Wildman–Crippen MR) is 105 cm³/mol. The van der Waals surface area contributed by atoms with Gasteiger partial charge in [0.1, 0.15) is 6.04 Å². The number of anilines is 1. The largest absolute Gasteiger partial charge is 0.271 e. The van der Waals surface area contributed by atoms with Gasteiger partial charge < -0.3 is 0 Å². The van der Waals surface area contributed by atoms with Gasteiger partial charge in [-0.25, -0.2) is 13.8 Å². The normalized spacial score (nSPS) is 12.8. The molecule has 9 heteroatoms. The van der Waals surface area contributed by atoms with Gasteiger partial charge in [-0.1, -0.05) is 47.5 Å². The van der Waals surface area contributed by atoms with Crippen LogP contribution in [0, 0.1) is 0 Å². The quantitative estimate of drug-likeness (QED) is 0.582. The lowest BCUT2D eigenvalue weighted by molar-refractivity contribution is -0.121. The van der Waals surface area contributed by atoms with E-state index in [1.807, 2.05) is 0 Å². The number of benzene rings is 2. The standard InChI is InChI=1S/C17H17Cl2N3O3S/c1-12(22(26(2,24)25)13-7-4-3-5-8-13)17(23)21-20-11-14-15(18)9-6-10-16(14)19/h3-12H,1-2H3,(H,21,23)/b20-11-/t12-/m1/s1. The third-order valence-corrected chi connectivity index (χ3v) is 5.37. The summed E-state index contributed by atoms with van der Waals surface area (Å²) in [6, 6.07) is 12.3. The van der Waals surface area contributed by atoms with E-state index in [-0.39, 0.29) is 0 Å². The molecular formula is C17H17Cl2N3O3S. The maximum atomic E-state index is 12.4. The lowest BCUT2D eigenvalue weighted by Gasteiger charge is -2.27. The van der Waals surface area contributed by atoms with Crippen molar-refractivity contribution in [1.82, 2.24) is 5.43 Å². The number of para-hydroxylation sites is 1. The van der Waals surface area contributed by atoms with Gasteiger partial charge in [0.25, 0.3) is 5.91 Å². The summed E-state index contributed by atoms with van der Waals surface area (Å²) in [5.41, 5.74) is 3.15. The molecule has 1 atom stereocenters. The number of halogens is 2. The second-order valence-corrected chi connectivity index (χ2v) is 8.11. The van der Waals surface area contributed by atoms with Crippen LogP contribution in [0.4, 0.5) is 5.69 Å². The van der Waals surface area contributed by atoms with Gasteiger partial charge in [-0.2, -0.15) is 5.10 Å². The fourth-order valence-corrected chi connectivity index (χ4v) is 3.94. The van der Waals surface area contributed by atoms with E-state index >= 15 is 0 Å². The lowest BCUT2D eigenvalue weighted by Crippen LogP contribution is -2.46. The summed E-state index contributed by atoms with van der Waals surface area (Å²) in [4.78, 5) is 12.4. The molecule has 0 heterocycles. The second kappa shape index (κ2) is 8.53. The fourth-order valence-electron chi connectivity index (χ4n) is 2.27. The average molecular weight is 414 g/mol. The van der Waals surface area contributed by atoms with Crippen LogP contribution in [0.1, 0.15) is 12.5 Å². The molecule has 2 rings (SSSR count). The molecular weight excluding hydrogens is 397 g/mol. The molecule has 0 bridgehead atoms. The Labute approximate surface area is 162 Å². The van der Waals surface area contributed by atoms with Gasteiger partial charge in [0.05, 0.1) is 28.2 Å².